The van der Waals surface area contributed by atoms with E-state index in [0.717, 1.165) is 36.6 Å². The van der Waals surface area contributed by atoms with E-state index in [1.807, 2.05) is 35.4 Å². The van der Waals surface area contributed by atoms with Crippen LogP contribution in [0.25, 0.3) is 0 Å². The molecule has 1 aromatic heterocycles. The fourth-order valence-corrected chi connectivity index (χ4v) is 3.70. The Balaban J connectivity index is 1.67. The lowest BCUT2D eigenvalue weighted by molar-refractivity contribution is -0.129. The molecule has 5 heteroatoms. The van der Waals surface area contributed by atoms with Gasteiger partial charge in [0.1, 0.15) is 11.6 Å². The zero-order chi connectivity index (χ0) is 18.0. The van der Waals surface area contributed by atoms with Gasteiger partial charge in [0, 0.05) is 36.9 Å². The number of aryl methyl sites for hydroxylation is 1. The Bertz CT molecular complexity index is 751. The van der Waals surface area contributed by atoms with Gasteiger partial charge in [-0.1, -0.05) is 12.1 Å². The summed E-state index contributed by atoms with van der Waals surface area (Å²) in [5.74, 6) is 2.41. The van der Waals surface area contributed by atoms with E-state index in [1.165, 1.54) is 5.69 Å². The summed E-state index contributed by atoms with van der Waals surface area (Å²) in [6, 6.07) is 8.12. The lowest BCUT2D eigenvalue weighted by Gasteiger charge is -2.19. The van der Waals surface area contributed by atoms with Gasteiger partial charge in [-0.3, -0.25) is 4.79 Å². The summed E-state index contributed by atoms with van der Waals surface area (Å²) < 4.78 is 7.53. The highest BCUT2D eigenvalue weighted by Gasteiger charge is 2.30. The maximum Gasteiger partial charge on any atom is 0.227 e. The number of likely N-dealkylation sites (tertiary alicyclic amines) is 1. The number of amides is 1. The lowest BCUT2D eigenvalue weighted by Crippen LogP contribution is -2.30. The van der Waals surface area contributed by atoms with Gasteiger partial charge in [0.2, 0.25) is 5.91 Å². The first-order valence-corrected chi connectivity index (χ1v) is 8.94. The van der Waals surface area contributed by atoms with Gasteiger partial charge < -0.3 is 14.2 Å². The number of nitrogens with zero attached hydrogens (tertiary/aromatic N) is 3. The molecule has 2 heterocycles. The first-order valence-electron chi connectivity index (χ1n) is 8.94. The van der Waals surface area contributed by atoms with Crippen molar-refractivity contribution in [1.82, 2.24) is 14.5 Å². The number of ether oxygens (including phenoxy) is 1. The molecule has 1 atom stereocenters. The summed E-state index contributed by atoms with van der Waals surface area (Å²) >= 11 is 0. The normalized spacial score (nSPS) is 17.3. The molecule has 5 nitrogen and oxygen atoms in total. The van der Waals surface area contributed by atoms with E-state index in [-0.39, 0.29) is 5.91 Å². The first kappa shape index (κ1) is 17.5. The number of carbonyl (C=O) groups is 1. The first-order chi connectivity index (χ1) is 12.0. The Morgan fingerprint density at radius 3 is 2.92 bits per heavy atom. The predicted octanol–water partition coefficient (Wildman–Crippen LogP) is 3.34. The van der Waals surface area contributed by atoms with Crippen LogP contribution >= 0.6 is 0 Å². The summed E-state index contributed by atoms with van der Waals surface area (Å²) in [5, 5.41) is 0. The van der Waals surface area contributed by atoms with Crippen molar-refractivity contribution in [3.8, 4) is 5.75 Å². The zero-order valence-electron chi connectivity index (χ0n) is 15.5. The molecule has 0 aliphatic carbocycles. The fraction of sp³-hybridized carbons (Fsp3) is 0.500. The summed E-state index contributed by atoms with van der Waals surface area (Å²) in [6.07, 6.45) is 3.34. The van der Waals surface area contributed by atoms with Crippen molar-refractivity contribution >= 4 is 5.91 Å². The number of carbonyl (C=O) groups excluding carboxylic acids is 1. The summed E-state index contributed by atoms with van der Waals surface area (Å²) in [4.78, 5) is 19.3. The third-order valence-electron chi connectivity index (χ3n) is 4.92. The van der Waals surface area contributed by atoms with E-state index in [2.05, 4.69) is 30.3 Å². The quantitative estimate of drug-likeness (QED) is 0.838. The van der Waals surface area contributed by atoms with Gasteiger partial charge in [0.05, 0.1) is 13.5 Å². The minimum atomic E-state index is 0.176. The summed E-state index contributed by atoms with van der Waals surface area (Å²) in [6.45, 7) is 8.01. The highest BCUT2D eigenvalue weighted by Crippen LogP contribution is 2.29. The Kier molecular flexibility index (Phi) is 5.11. The van der Waals surface area contributed by atoms with E-state index in [9.17, 15) is 4.79 Å². The Morgan fingerprint density at radius 2 is 2.20 bits per heavy atom. The highest BCUT2D eigenvalue weighted by atomic mass is 16.5. The second-order valence-electron chi connectivity index (χ2n) is 7.08. The molecule has 0 bridgehead atoms. The topological polar surface area (TPSA) is 47.4 Å². The molecule has 0 spiro atoms. The molecule has 1 saturated heterocycles. The Labute approximate surface area is 149 Å². The maximum atomic E-state index is 12.7. The van der Waals surface area contributed by atoms with Gasteiger partial charge in [-0.2, -0.15) is 0 Å². The second-order valence-corrected chi connectivity index (χ2v) is 7.08. The van der Waals surface area contributed by atoms with Crippen LogP contribution in [0.2, 0.25) is 0 Å². The molecule has 2 aromatic rings. The van der Waals surface area contributed by atoms with Crippen molar-refractivity contribution in [3.63, 3.8) is 0 Å². The zero-order valence-corrected chi connectivity index (χ0v) is 15.5. The molecular formula is C20H27N3O2. The molecular weight excluding hydrogens is 314 g/mol. The molecule has 134 valence electrons. The number of imidazole rings is 1. The van der Waals surface area contributed by atoms with Crippen molar-refractivity contribution in [2.45, 2.75) is 45.6 Å². The Morgan fingerprint density at radius 1 is 1.40 bits per heavy atom. The minimum Gasteiger partial charge on any atom is -0.497 e. The van der Waals surface area contributed by atoms with Gasteiger partial charge in [-0.05, 0) is 44.9 Å². The molecule has 1 amide bonds. The molecule has 3 rings (SSSR count). The maximum absolute atomic E-state index is 12.7. The smallest absolute Gasteiger partial charge is 0.227 e. The van der Waals surface area contributed by atoms with E-state index in [1.54, 1.807) is 7.11 Å². The summed E-state index contributed by atoms with van der Waals surface area (Å²) in [7, 11) is 1.64. The number of hydrogen-bond acceptors (Lipinski definition) is 3. The van der Waals surface area contributed by atoms with Crippen LogP contribution in [0.15, 0.2) is 30.5 Å². The van der Waals surface area contributed by atoms with E-state index in [0.29, 0.717) is 18.4 Å². The van der Waals surface area contributed by atoms with Gasteiger partial charge >= 0.3 is 0 Å². The van der Waals surface area contributed by atoms with Crippen molar-refractivity contribution in [2.75, 3.05) is 20.2 Å². The molecule has 1 aromatic carbocycles. The van der Waals surface area contributed by atoms with E-state index >= 15 is 0 Å². The molecule has 0 N–H and O–H groups in total. The molecule has 1 aliphatic rings. The number of rotatable bonds is 5. The lowest BCUT2D eigenvalue weighted by atomic mass is 10.1. The molecule has 1 unspecified atom stereocenters. The molecule has 1 fully saturated rings. The molecule has 1 aliphatic heterocycles. The summed E-state index contributed by atoms with van der Waals surface area (Å²) in [5.41, 5.74) is 2.18. The predicted molar refractivity (Wildman–Crippen MR) is 98.0 cm³/mol. The highest BCUT2D eigenvalue weighted by molar-refractivity contribution is 5.79. The van der Waals surface area contributed by atoms with Gasteiger partial charge in [0.25, 0.3) is 0 Å². The number of methoxy groups -OCH3 is 1. The van der Waals surface area contributed by atoms with Crippen LogP contribution in [0.3, 0.4) is 0 Å². The largest absolute Gasteiger partial charge is 0.497 e. The Hall–Kier alpha value is -2.30. The van der Waals surface area contributed by atoms with Crippen molar-refractivity contribution in [2.24, 2.45) is 0 Å². The average Bonchev–Trinajstić information content (AvgIpc) is 3.21. The van der Waals surface area contributed by atoms with Gasteiger partial charge in [-0.25, -0.2) is 4.98 Å². The minimum absolute atomic E-state index is 0.176. The van der Waals surface area contributed by atoms with Crippen LogP contribution in [0.1, 0.15) is 49.3 Å². The van der Waals surface area contributed by atoms with Crippen molar-refractivity contribution in [1.29, 1.82) is 0 Å². The van der Waals surface area contributed by atoms with Crippen LogP contribution in [0.5, 0.6) is 5.75 Å². The van der Waals surface area contributed by atoms with E-state index < -0.39 is 0 Å². The molecule has 25 heavy (non-hydrogen) atoms. The van der Waals surface area contributed by atoms with Crippen molar-refractivity contribution in [3.05, 3.63) is 47.5 Å². The number of benzene rings is 1. The van der Waals surface area contributed by atoms with Gasteiger partial charge in [0.15, 0.2) is 0 Å². The van der Waals surface area contributed by atoms with Crippen LogP contribution in [-0.2, 0) is 11.2 Å². The SMILES string of the molecule is COc1cccc(CC(=O)N2CCC(c3ncc(C)n3C(C)C)C2)c1. The van der Waals surface area contributed by atoms with Crippen molar-refractivity contribution < 1.29 is 9.53 Å². The van der Waals surface area contributed by atoms with Gasteiger partial charge in [-0.15, -0.1) is 0 Å². The third-order valence-corrected chi connectivity index (χ3v) is 4.92. The van der Waals surface area contributed by atoms with Crippen LogP contribution < -0.4 is 4.74 Å². The monoisotopic (exact) mass is 341 g/mol. The number of aromatic nitrogens is 2. The second kappa shape index (κ2) is 7.30. The third kappa shape index (κ3) is 3.70. The van der Waals surface area contributed by atoms with Crippen LogP contribution in [-0.4, -0.2) is 40.6 Å². The molecule has 0 saturated carbocycles. The fourth-order valence-electron chi connectivity index (χ4n) is 3.70. The van der Waals surface area contributed by atoms with Crippen LogP contribution in [0.4, 0.5) is 0 Å². The number of hydrogen-bond donors (Lipinski definition) is 0. The standard InChI is InChI=1S/C20H27N3O2/c1-14(2)23-15(3)12-21-20(23)17-8-9-22(13-17)19(24)11-16-6-5-7-18(10-16)25-4/h5-7,10,12,14,17H,8-9,11,13H2,1-4H3. The van der Waals surface area contributed by atoms with E-state index in [4.69, 9.17) is 4.74 Å². The average molecular weight is 341 g/mol. The molecule has 0 radical (unpaired) electrons. The van der Waals surface area contributed by atoms with Crippen LogP contribution in [0, 0.1) is 6.92 Å².